The molecular weight excluding hydrogens is 345 g/mol. The molecule has 0 aliphatic heterocycles. The molecule has 0 fully saturated rings. The van der Waals surface area contributed by atoms with E-state index in [1.54, 1.807) is 23.8 Å². The summed E-state index contributed by atoms with van der Waals surface area (Å²) < 4.78 is 63.6. The van der Waals surface area contributed by atoms with Crippen molar-refractivity contribution >= 4 is 21.7 Å². The molecule has 2 aromatic carbocycles. The van der Waals surface area contributed by atoms with E-state index in [1.165, 1.54) is 18.2 Å². The highest BCUT2D eigenvalue weighted by atomic mass is 32.2. The van der Waals surface area contributed by atoms with Gasteiger partial charge in [-0.3, -0.25) is 0 Å². The third-order valence-electron chi connectivity index (χ3n) is 3.01. The number of nitrogens with one attached hydrogen (secondary N) is 2. The Bertz CT molecular complexity index is 847. The van der Waals surface area contributed by atoms with Crippen molar-refractivity contribution in [3.63, 3.8) is 0 Å². The maximum absolute atomic E-state index is 12.6. The summed E-state index contributed by atoms with van der Waals surface area (Å²) >= 11 is 0. The van der Waals surface area contributed by atoms with Crippen LogP contribution in [-0.4, -0.2) is 14.4 Å². The lowest BCUT2D eigenvalue weighted by atomic mass is 10.2. The molecule has 0 aliphatic rings. The Hall–Kier alpha value is -2.55. The van der Waals surface area contributed by atoms with E-state index in [1.807, 2.05) is 0 Å². The van der Waals surface area contributed by atoms with E-state index in [9.17, 15) is 26.4 Å². The first-order valence-corrected chi connectivity index (χ1v) is 8.14. The van der Waals surface area contributed by atoms with Crippen LogP contribution in [-0.2, 0) is 16.2 Å². The quantitative estimate of drug-likeness (QED) is 0.881. The minimum atomic E-state index is -4.57. The number of sulfonamides is 1. The van der Waals surface area contributed by atoms with Crippen molar-refractivity contribution in [3.05, 3.63) is 59.7 Å². The number of benzene rings is 2. The summed E-state index contributed by atoms with van der Waals surface area (Å²) in [6.45, 7) is 1.77. The van der Waals surface area contributed by atoms with Crippen LogP contribution in [0.5, 0.6) is 0 Å². The van der Waals surface area contributed by atoms with Crippen LogP contribution in [0, 0.1) is 6.92 Å². The first-order valence-electron chi connectivity index (χ1n) is 6.66. The number of hydrogen-bond donors (Lipinski definition) is 2. The molecule has 0 heterocycles. The topological polar surface area (TPSA) is 75.3 Å². The van der Waals surface area contributed by atoms with E-state index in [-0.39, 0.29) is 10.6 Å². The van der Waals surface area contributed by atoms with Crippen molar-refractivity contribution in [1.82, 2.24) is 4.72 Å². The molecule has 0 spiro atoms. The van der Waals surface area contributed by atoms with Gasteiger partial charge in [0.15, 0.2) is 0 Å². The van der Waals surface area contributed by atoms with Gasteiger partial charge in [-0.25, -0.2) is 17.9 Å². The van der Waals surface area contributed by atoms with Gasteiger partial charge in [-0.1, -0.05) is 23.8 Å². The second-order valence-corrected chi connectivity index (χ2v) is 6.63. The van der Waals surface area contributed by atoms with Gasteiger partial charge in [0.25, 0.3) is 10.0 Å². The van der Waals surface area contributed by atoms with Gasteiger partial charge in [0, 0.05) is 5.69 Å². The van der Waals surface area contributed by atoms with Crippen LogP contribution in [0.3, 0.4) is 0 Å². The molecule has 0 saturated carbocycles. The fraction of sp³-hybridized carbons (Fsp3) is 0.133. The van der Waals surface area contributed by atoms with Crippen molar-refractivity contribution in [1.29, 1.82) is 0 Å². The zero-order valence-corrected chi connectivity index (χ0v) is 13.2. The lowest BCUT2D eigenvalue weighted by Gasteiger charge is -2.11. The lowest BCUT2D eigenvalue weighted by Crippen LogP contribution is -2.34. The molecule has 2 N–H and O–H groups in total. The van der Waals surface area contributed by atoms with Gasteiger partial charge in [-0.2, -0.15) is 13.2 Å². The summed E-state index contributed by atoms with van der Waals surface area (Å²) in [5.74, 6) is 0. The van der Waals surface area contributed by atoms with Crippen molar-refractivity contribution in [2.75, 3.05) is 5.32 Å². The Morgan fingerprint density at radius 3 is 2.25 bits per heavy atom. The monoisotopic (exact) mass is 358 g/mol. The van der Waals surface area contributed by atoms with Crippen molar-refractivity contribution < 1.29 is 26.4 Å². The van der Waals surface area contributed by atoms with Crippen LogP contribution in [0.4, 0.5) is 23.7 Å². The summed E-state index contributed by atoms with van der Waals surface area (Å²) in [5, 5.41) is 2.06. The number of hydrogen-bond acceptors (Lipinski definition) is 3. The molecule has 2 aromatic rings. The van der Waals surface area contributed by atoms with E-state index in [4.69, 9.17) is 0 Å². The van der Waals surface area contributed by atoms with Gasteiger partial charge in [0.1, 0.15) is 0 Å². The van der Waals surface area contributed by atoms with Crippen LogP contribution >= 0.6 is 0 Å². The number of aryl methyl sites for hydroxylation is 1. The molecule has 5 nitrogen and oxygen atoms in total. The Kier molecular flexibility index (Phi) is 4.83. The third kappa shape index (κ3) is 4.48. The standard InChI is InChI=1S/C15H13F3N2O3S/c1-10-5-7-13(8-6-10)24(22,23)20-14(21)19-12-4-2-3-11(9-12)15(16,17)18/h2-9H,1H3,(H2,19,20,21). The predicted molar refractivity (Wildman–Crippen MR) is 82.0 cm³/mol. The largest absolute Gasteiger partial charge is 0.416 e. The average molecular weight is 358 g/mol. The number of alkyl halides is 3. The van der Waals surface area contributed by atoms with Gasteiger partial charge in [0.05, 0.1) is 10.5 Å². The Balaban J connectivity index is 2.12. The van der Waals surface area contributed by atoms with Crippen LogP contribution in [0.25, 0.3) is 0 Å². The number of amides is 2. The Labute approximate surface area is 136 Å². The fourth-order valence-electron chi connectivity index (χ4n) is 1.83. The van der Waals surface area contributed by atoms with Gasteiger partial charge < -0.3 is 5.32 Å². The summed E-state index contributed by atoms with van der Waals surface area (Å²) in [6.07, 6.45) is -4.57. The Morgan fingerprint density at radius 2 is 1.67 bits per heavy atom. The number of carbonyl (C=O) groups excluding carboxylic acids is 1. The molecule has 2 rings (SSSR count). The highest BCUT2D eigenvalue weighted by Gasteiger charge is 2.30. The smallest absolute Gasteiger partial charge is 0.307 e. The minimum Gasteiger partial charge on any atom is -0.307 e. The molecule has 0 saturated heterocycles. The average Bonchev–Trinajstić information content (AvgIpc) is 2.46. The number of anilines is 1. The predicted octanol–water partition coefficient (Wildman–Crippen LogP) is 3.52. The summed E-state index contributed by atoms with van der Waals surface area (Å²) in [4.78, 5) is 11.6. The minimum absolute atomic E-state index is 0.132. The molecule has 24 heavy (non-hydrogen) atoms. The van der Waals surface area contributed by atoms with E-state index >= 15 is 0 Å². The van der Waals surface area contributed by atoms with Crippen molar-refractivity contribution in [3.8, 4) is 0 Å². The number of carbonyl (C=O) groups is 1. The number of rotatable bonds is 3. The molecule has 0 atom stereocenters. The van der Waals surface area contributed by atoms with E-state index in [0.717, 1.165) is 17.7 Å². The SMILES string of the molecule is Cc1ccc(S(=O)(=O)NC(=O)Nc2cccc(C(F)(F)F)c2)cc1. The van der Waals surface area contributed by atoms with Crippen LogP contribution < -0.4 is 10.0 Å². The van der Waals surface area contributed by atoms with Gasteiger partial charge in [-0.05, 0) is 37.3 Å². The van der Waals surface area contributed by atoms with E-state index < -0.39 is 27.8 Å². The fourth-order valence-corrected chi connectivity index (χ4v) is 2.74. The molecule has 0 bridgehead atoms. The van der Waals surface area contributed by atoms with E-state index in [2.05, 4.69) is 5.32 Å². The molecule has 128 valence electrons. The first kappa shape index (κ1) is 17.8. The molecule has 9 heteroatoms. The van der Waals surface area contributed by atoms with Gasteiger partial charge in [-0.15, -0.1) is 0 Å². The third-order valence-corrected chi connectivity index (χ3v) is 4.35. The van der Waals surface area contributed by atoms with Crippen LogP contribution in [0.15, 0.2) is 53.4 Å². The highest BCUT2D eigenvalue weighted by Crippen LogP contribution is 2.30. The van der Waals surface area contributed by atoms with Crippen molar-refractivity contribution in [2.24, 2.45) is 0 Å². The maximum Gasteiger partial charge on any atom is 0.416 e. The highest BCUT2D eigenvalue weighted by molar-refractivity contribution is 7.90. The normalized spacial score (nSPS) is 11.8. The van der Waals surface area contributed by atoms with E-state index in [0.29, 0.717) is 6.07 Å². The zero-order valence-electron chi connectivity index (χ0n) is 12.4. The van der Waals surface area contributed by atoms with Gasteiger partial charge in [0.2, 0.25) is 0 Å². The van der Waals surface area contributed by atoms with Crippen molar-refractivity contribution in [2.45, 2.75) is 18.0 Å². The molecule has 0 radical (unpaired) electrons. The number of halogens is 3. The number of urea groups is 1. The molecule has 0 unspecified atom stereocenters. The molecular formula is C15H13F3N2O3S. The second kappa shape index (κ2) is 6.52. The summed E-state index contributed by atoms with van der Waals surface area (Å²) in [7, 11) is -4.12. The Morgan fingerprint density at radius 1 is 1.04 bits per heavy atom. The van der Waals surface area contributed by atoms with Crippen LogP contribution in [0.2, 0.25) is 0 Å². The molecule has 2 amide bonds. The van der Waals surface area contributed by atoms with Gasteiger partial charge >= 0.3 is 12.2 Å². The van der Waals surface area contributed by atoms with Crippen LogP contribution in [0.1, 0.15) is 11.1 Å². The summed E-state index contributed by atoms with van der Waals surface area (Å²) in [5.41, 5.74) is -0.300. The second-order valence-electron chi connectivity index (χ2n) is 4.95. The lowest BCUT2D eigenvalue weighted by molar-refractivity contribution is -0.137. The maximum atomic E-state index is 12.6. The molecule has 0 aromatic heterocycles. The first-order chi connectivity index (χ1) is 11.1. The molecule has 0 aliphatic carbocycles. The zero-order chi connectivity index (χ0) is 18.0. The summed E-state index contributed by atoms with van der Waals surface area (Å²) in [6, 6.07) is 8.45.